The standard InChI is InChI=1S/C10H17IN4O/c1-2-4-13-9(10(12)16)3-5-15-7-8(11)6-14-15/h6-7,9,13H,2-5H2,1H3,(H2,12,16). The summed E-state index contributed by atoms with van der Waals surface area (Å²) in [6, 6.07) is -0.262. The number of hydrogen-bond donors (Lipinski definition) is 2. The van der Waals surface area contributed by atoms with Crippen molar-refractivity contribution in [2.75, 3.05) is 6.54 Å². The van der Waals surface area contributed by atoms with E-state index in [9.17, 15) is 4.79 Å². The van der Waals surface area contributed by atoms with Gasteiger partial charge in [-0.2, -0.15) is 5.10 Å². The molecule has 1 rings (SSSR count). The van der Waals surface area contributed by atoms with Crippen molar-refractivity contribution in [3.05, 3.63) is 16.0 Å². The number of halogens is 1. The van der Waals surface area contributed by atoms with Gasteiger partial charge < -0.3 is 11.1 Å². The van der Waals surface area contributed by atoms with Crippen LogP contribution in [0.2, 0.25) is 0 Å². The number of amides is 1. The van der Waals surface area contributed by atoms with Crippen LogP contribution in [0.1, 0.15) is 19.8 Å². The van der Waals surface area contributed by atoms with Crippen LogP contribution in [0, 0.1) is 3.57 Å². The molecule has 0 aromatic carbocycles. The molecule has 0 spiro atoms. The number of nitrogens with one attached hydrogen (secondary N) is 1. The first-order valence-corrected chi connectivity index (χ1v) is 6.42. The third-order valence-electron chi connectivity index (χ3n) is 2.23. The summed E-state index contributed by atoms with van der Waals surface area (Å²) in [7, 11) is 0. The molecule has 1 heterocycles. The maximum Gasteiger partial charge on any atom is 0.234 e. The molecule has 0 saturated carbocycles. The molecule has 1 atom stereocenters. The average molecular weight is 336 g/mol. The summed E-state index contributed by atoms with van der Waals surface area (Å²) in [5.74, 6) is -0.296. The zero-order valence-corrected chi connectivity index (χ0v) is 11.5. The maximum atomic E-state index is 11.2. The van der Waals surface area contributed by atoms with Crippen molar-refractivity contribution in [3.8, 4) is 0 Å². The normalized spacial score (nSPS) is 12.6. The van der Waals surface area contributed by atoms with Gasteiger partial charge in [0.05, 0.1) is 15.8 Å². The van der Waals surface area contributed by atoms with Gasteiger partial charge in [-0.1, -0.05) is 6.92 Å². The predicted molar refractivity (Wildman–Crippen MR) is 70.8 cm³/mol. The number of primary amides is 1. The number of nitrogens with two attached hydrogens (primary N) is 1. The van der Waals surface area contributed by atoms with Gasteiger partial charge in [0, 0.05) is 12.7 Å². The molecule has 16 heavy (non-hydrogen) atoms. The van der Waals surface area contributed by atoms with Gasteiger partial charge in [0.2, 0.25) is 5.91 Å². The van der Waals surface area contributed by atoms with E-state index in [1.54, 1.807) is 6.20 Å². The van der Waals surface area contributed by atoms with Gasteiger partial charge in [0.1, 0.15) is 0 Å². The minimum atomic E-state index is -0.296. The molecule has 1 unspecified atom stereocenters. The van der Waals surface area contributed by atoms with Crippen molar-refractivity contribution in [2.45, 2.75) is 32.4 Å². The second kappa shape index (κ2) is 6.85. The molecule has 5 nitrogen and oxygen atoms in total. The molecule has 1 aromatic rings. The number of nitrogens with zero attached hydrogens (tertiary/aromatic N) is 2. The van der Waals surface area contributed by atoms with Crippen LogP contribution < -0.4 is 11.1 Å². The molecule has 0 aliphatic heterocycles. The lowest BCUT2D eigenvalue weighted by Gasteiger charge is -2.14. The van der Waals surface area contributed by atoms with E-state index in [2.05, 4.69) is 39.9 Å². The van der Waals surface area contributed by atoms with Gasteiger partial charge in [-0.3, -0.25) is 9.48 Å². The second-order valence-corrected chi connectivity index (χ2v) is 4.87. The van der Waals surface area contributed by atoms with Crippen LogP contribution in [-0.4, -0.2) is 28.3 Å². The van der Waals surface area contributed by atoms with Crippen LogP contribution in [0.5, 0.6) is 0 Å². The van der Waals surface area contributed by atoms with Crippen molar-refractivity contribution >= 4 is 28.5 Å². The summed E-state index contributed by atoms with van der Waals surface area (Å²) in [5.41, 5.74) is 5.31. The Hall–Kier alpha value is -0.630. The highest BCUT2D eigenvalue weighted by Crippen LogP contribution is 2.03. The molecule has 0 radical (unpaired) electrons. The Morgan fingerprint density at radius 3 is 3.00 bits per heavy atom. The van der Waals surface area contributed by atoms with Crippen LogP contribution in [0.3, 0.4) is 0 Å². The summed E-state index contributed by atoms with van der Waals surface area (Å²) in [4.78, 5) is 11.2. The first-order valence-electron chi connectivity index (χ1n) is 5.34. The fourth-order valence-corrected chi connectivity index (χ4v) is 1.83. The quantitative estimate of drug-likeness (QED) is 0.721. The van der Waals surface area contributed by atoms with Crippen molar-refractivity contribution < 1.29 is 4.79 Å². The Morgan fingerprint density at radius 2 is 2.50 bits per heavy atom. The lowest BCUT2D eigenvalue weighted by molar-refractivity contribution is -0.120. The lowest BCUT2D eigenvalue weighted by Crippen LogP contribution is -2.42. The highest BCUT2D eigenvalue weighted by atomic mass is 127. The molecule has 0 saturated heterocycles. The topological polar surface area (TPSA) is 72.9 Å². The Bertz CT molecular complexity index is 339. The monoisotopic (exact) mass is 336 g/mol. The Morgan fingerprint density at radius 1 is 1.75 bits per heavy atom. The second-order valence-electron chi connectivity index (χ2n) is 3.62. The van der Waals surface area contributed by atoms with E-state index in [-0.39, 0.29) is 11.9 Å². The zero-order chi connectivity index (χ0) is 12.0. The number of aromatic nitrogens is 2. The average Bonchev–Trinajstić information content (AvgIpc) is 2.64. The van der Waals surface area contributed by atoms with E-state index in [1.165, 1.54) is 0 Å². The number of hydrogen-bond acceptors (Lipinski definition) is 3. The largest absolute Gasteiger partial charge is 0.368 e. The Kier molecular flexibility index (Phi) is 5.75. The van der Waals surface area contributed by atoms with Crippen LogP contribution >= 0.6 is 22.6 Å². The van der Waals surface area contributed by atoms with Gasteiger partial charge in [-0.15, -0.1) is 0 Å². The molecule has 0 aliphatic rings. The smallest absolute Gasteiger partial charge is 0.234 e. The molecular formula is C10H17IN4O. The van der Waals surface area contributed by atoms with E-state index in [1.807, 2.05) is 10.9 Å². The Labute approximate surface area is 109 Å². The summed E-state index contributed by atoms with van der Waals surface area (Å²) >= 11 is 2.20. The molecule has 1 aromatic heterocycles. The molecule has 90 valence electrons. The highest BCUT2D eigenvalue weighted by molar-refractivity contribution is 14.1. The molecular weight excluding hydrogens is 319 g/mol. The van der Waals surface area contributed by atoms with Gasteiger partial charge in [0.25, 0.3) is 0 Å². The fraction of sp³-hybridized carbons (Fsp3) is 0.600. The lowest BCUT2D eigenvalue weighted by atomic mass is 10.2. The van der Waals surface area contributed by atoms with Crippen molar-refractivity contribution in [1.82, 2.24) is 15.1 Å². The number of carbonyl (C=O) groups excluding carboxylic acids is 1. The van der Waals surface area contributed by atoms with E-state index in [0.717, 1.165) is 16.5 Å². The van der Waals surface area contributed by atoms with Crippen LogP contribution in [0.4, 0.5) is 0 Å². The van der Waals surface area contributed by atoms with Gasteiger partial charge in [0.15, 0.2) is 0 Å². The first-order chi connectivity index (χ1) is 7.63. The molecule has 0 bridgehead atoms. The van der Waals surface area contributed by atoms with Crippen molar-refractivity contribution in [3.63, 3.8) is 0 Å². The fourth-order valence-electron chi connectivity index (χ4n) is 1.39. The van der Waals surface area contributed by atoms with E-state index < -0.39 is 0 Å². The summed E-state index contributed by atoms with van der Waals surface area (Å²) in [6.45, 7) is 3.57. The van der Waals surface area contributed by atoms with E-state index in [4.69, 9.17) is 5.73 Å². The van der Waals surface area contributed by atoms with E-state index in [0.29, 0.717) is 13.0 Å². The summed E-state index contributed by atoms with van der Waals surface area (Å²) in [6.07, 6.45) is 5.40. The molecule has 6 heteroatoms. The third kappa shape index (κ3) is 4.48. The number of carbonyl (C=O) groups is 1. The maximum absolute atomic E-state index is 11.2. The van der Waals surface area contributed by atoms with Crippen LogP contribution in [0.15, 0.2) is 12.4 Å². The number of aryl methyl sites for hydroxylation is 1. The SMILES string of the molecule is CCCNC(CCn1cc(I)cn1)C(N)=O. The first kappa shape index (κ1) is 13.4. The predicted octanol–water partition coefficient (Wildman–Crippen LogP) is 0.731. The minimum absolute atomic E-state index is 0.262. The summed E-state index contributed by atoms with van der Waals surface area (Å²) < 4.78 is 2.92. The van der Waals surface area contributed by atoms with Crippen molar-refractivity contribution in [1.29, 1.82) is 0 Å². The van der Waals surface area contributed by atoms with Gasteiger partial charge in [-0.25, -0.2) is 0 Å². The molecule has 0 fully saturated rings. The number of rotatable bonds is 7. The highest BCUT2D eigenvalue weighted by Gasteiger charge is 2.13. The Balaban J connectivity index is 2.40. The van der Waals surface area contributed by atoms with Crippen LogP contribution in [0.25, 0.3) is 0 Å². The minimum Gasteiger partial charge on any atom is -0.368 e. The van der Waals surface area contributed by atoms with Gasteiger partial charge in [-0.05, 0) is 42.0 Å². The molecule has 0 aliphatic carbocycles. The van der Waals surface area contributed by atoms with E-state index >= 15 is 0 Å². The van der Waals surface area contributed by atoms with Crippen molar-refractivity contribution in [2.24, 2.45) is 5.73 Å². The van der Waals surface area contributed by atoms with Crippen LogP contribution in [-0.2, 0) is 11.3 Å². The molecule has 3 N–H and O–H groups in total. The summed E-state index contributed by atoms with van der Waals surface area (Å²) in [5, 5.41) is 7.29. The molecule has 1 amide bonds. The van der Waals surface area contributed by atoms with Gasteiger partial charge >= 0.3 is 0 Å². The third-order valence-corrected chi connectivity index (χ3v) is 2.79. The zero-order valence-electron chi connectivity index (χ0n) is 9.32.